The van der Waals surface area contributed by atoms with Gasteiger partial charge in [0.15, 0.2) is 12.4 Å². The Labute approximate surface area is 159 Å². The Balaban J connectivity index is 1.77. The lowest BCUT2D eigenvalue weighted by molar-refractivity contribution is -0.144. The first kappa shape index (κ1) is 19.3. The molecule has 0 spiro atoms. The predicted octanol–water partition coefficient (Wildman–Crippen LogP) is 2.72. The Bertz CT molecular complexity index is 1050. The van der Waals surface area contributed by atoms with Gasteiger partial charge < -0.3 is 19.6 Å². The highest BCUT2D eigenvalue weighted by Crippen LogP contribution is 2.29. The van der Waals surface area contributed by atoms with Crippen LogP contribution in [-0.2, 0) is 27.3 Å². The van der Waals surface area contributed by atoms with Gasteiger partial charge in [0, 0.05) is 0 Å². The summed E-state index contributed by atoms with van der Waals surface area (Å²) < 4.78 is 29.2. The third-order valence-corrected chi connectivity index (χ3v) is 3.94. The molecule has 2 heterocycles. The first-order valence-corrected chi connectivity index (χ1v) is 8.52. The molecule has 8 nitrogen and oxygen atoms in total. The Morgan fingerprint density at radius 2 is 1.96 bits per heavy atom. The molecule has 0 saturated carbocycles. The molecular weight excluding hydrogens is 369 g/mol. The van der Waals surface area contributed by atoms with E-state index in [1.165, 1.54) is 18.2 Å². The number of hydrogen-bond acceptors (Lipinski definition) is 8. The lowest BCUT2D eigenvalue weighted by Crippen LogP contribution is -2.12. The molecule has 0 radical (unpaired) electrons. The summed E-state index contributed by atoms with van der Waals surface area (Å²) in [6, 6.07) is 5.93. The molecule has 0 aliphatic rings. The number of aryl methyl sites for hydroxylation is 1. The number of nitrogens with two attached hydrogens (primary N) is 1. The van der Waals surface area contributed by atoms with Gasteiger partial charge in [-0.15, -0.1) is 0 Å². The lowest BCUT2D eigenvalue weighted by Gasteiger charge is -2.06. The summed E-state index contributed by atoms with van der Waals surface area (Å²) >= 11 is 0. The van der Waals surface area contributed by atoms with Gasteiger partial charge in [0.25, 0.3) is 0 Å². The lowest BCUT2D eigenvalue weighted by atomic mass is 10.1. The van der Waals surface area contributed by atoms with Crippen LogP contribution >= 0.6 is 0 Å². The number of halogens is 1. The van der Waals surface area contributed by atoms with Crippen LogP contribution in [0.2, 0.25) is 0 Å². The van der Waals surface area contributed by atoms with Gasteiger partial charge in [-0.3, -0.25) is 4.79 Å². The molecule has 0 saturated heterocycles. The molecule has 0 amide bonds. The smallest absolute Gasteiger partial charge is 0.342 e. The summed E-state index contributed by atoms with van der Waals surface area (Å²) in [4.78, 5) is 32.2. The number of hydrogen-bond donors (Lipinski definition) is 1. The minimum absolute atomic E-state index is 0.00468. The second-order valence-electron chi connectivity index (χ2n) is 5.89. The molecule has 146 valence electrons. The van der Waals surface area contributed by atoms with Gasteiger partial charge in [-0.2, -0.15) is 4.98 Å². The van der Waals surface area contributed by atoms with Crippen molar-refractivity contribution in [1.29, 1.82) is 0 Å². The van der Waals surface area contributed by atoms with Crippen molar-refractivity contribution in [3.05, 3.63) is 52.8 Å². The zero-order valence-corrected chi connectivity index (χ0v) is 15.3. The van der Waals surface area contributed by atoms with Gasteiger partial charge in [-0.05, 0) is 25.5 Å². The fourth-order valence-corrected chi connectivity index (χ4v) is 2.69. The van der Waals surface area contributed by atoms with Crippen LogP contribution in [-0.4, -0.2) is 28.5 Å². The number of nitrogens with zero attached hydrogens (tertiary/aromatic N) is 2. The van der Waals surface area contributed by atoms with Crippen molar-refractivity contribution in [1.82, 2.24) is 9.97 Å². The van der Waals surface area contributed by atoms with Crippen molar-refractivity contribution in [2.45, 2.75) is 26.9 Å². The molecule has 3 rings (SSSR count). The van der Waals surface area contributed by atoms with Crippen molar-refractivity contribution in [3.63, 3.8) is 0 Å². The highest BCUT2D eigenvalue weighted by Gasteiger charge is 2.24. The average molecular weight is 387 g/mol. The first-order chi connectivity index (χ1) is 13.4. The van der Waals surface area contributed by atoms with E-state index in [-0.39, 0.29) is 53.5 Å². The molecule has 0 fully saturated rings. The van der Waals surface area contributed by atoms with Crippen molar-refractivity contribution in [2.24, 2.45) is 0 Å². The summed E-state index contributed by atoms with van der Waals surface area (Å²) in [7, 11) is 0. The van der Waals surface area contributed by atoms with Crippen LogP contribution in [0, 0.1) is 12.7 Å². The maximum atomic E-state index is 13.6. The predicted molar refractivity (Wildman–Crippen MR) is 96.8 cm³/mol. The number of ether oxygens (including phenoxy) is 2. The minimum Gasteiger partial charge on any atom is -0.462 e. The van der Waals surface area contributed by atoms with Crippen LogP contribution in [0.15, 0.2) is 28.7 Å². The van der Waals surface area contributed by atoms with E-state index >= 15 is 0 Å². The Morgan fingerprint density at radius 1 is 1.21 bits per heavy atom. The Morgan fingerprint density at radius 3 is 2.68 bits per heavy atom. The average Bonchev–Trinajstić information content (AvgIpc) is 2.98. The number of anilines is 1. The Kier molecular flexibility index (Phi) is 5.53. The number of carbonyl (C=O) groups excluding carboxylic acids is 2. The second kappa shape index (κ2) is 8.03. The number of nitrogen functional groups attached to an aromatic ring is 1. The normalized spacial score (nSPS) is 10.8. The minimum atomic E-state index is -0.643. The molecule has 0 unspecified atom stereocenters. The van der Waals surface area contributed by atoms with Crippen LogP contribution in [0.3, 0.4) is 0 Å². The second-order valence-corrected chi connectivity index (χ2v) is 5.89. The molecule has 0 bridgehead atoms. The molecule has 9 heteroatoms. The number of aromatic nitrogens is 2. The van der Waals surface area contributed by atoms with Crippen LogP contribution < -0.4 is 5.73 Å². The fraction of sp³-hybridized carbons (Fsp3) is 0.263. The van der Waals surface area contributed by atoms with Crippen LogP contribution in [0.4, 0.5) is 10.2 Å². The highest BCUT2D eigenvalue weighted by atomic mass is 19.1. The zero-order valence-electron chi connectivity index (χ0n) is 15.3. The zero-order chi connectivity index (χ0) is 20.3. The van der Waals surface area contributed by atoms with Gasteiger partial charge in [-0.25, -0.2) is 14.2 Å². The van der Waals surface area contributed by atoms with E-state index in [1.54, 1.807) is 19.9 Å². The van der Waals surface area contributed by atoms with Crippen LogP contribution in [0.25, 0.3) is 11.1 Å². The van der Waals surface area contributed by atoms with Crippen LogP contribution in [0.5, 0.6) is 0 Å². The molecule has 0 aliphatic heterocycles. The maximum absolute atomic E-state index is 13.6. The molecule has 0 aliphatic carbocycles. The van der Waals surface area contributed by atoms with E-state index < -0.39 is 17.8 Å². The summed E-state index contributed by atoms with van der Waals surface area (Å²) in [5.74, 6) is -1.32. The summed E-state index contributed by atoms with van der Waals surface area (Å²) in [6.45, 7) is 3.19. The number of fused-ring (bicyclic) bond motifs is 1. The molecule has 3 aromatic rings. The van der Waals surface area contributed by atoms with Crippen molar-refractivity contribution >= 4 is 28.9 Å². The summed E-state index contributed by atoms with van der Waals surface area (Å²) in [5, 5.41) is 0.248. The number of carbonyl (C=O) groups is 2. The van der Waals surface area contributed by atoms with Crippen molar-refractivity contribution < 1.29 is 27.9 Å². The number of benzene rings is 1. The first-order valence-electron chi connectivity index (χ1n) is 8.52. The molecular formula is C19H18FN3O5. The number of esters is 2. The molecule has 2 N–H and O–H groups in total. The van der Waals surface area contributed by atoms with Gasteiger partial charge in [0.2, 0.25) is 5.71 Å². The van der Waals surface area contributed by atoms with E-state index in [9.17, 15) is 14.0 Å². The van der Waals surface area contributed by atoms with E-state index in [0.717, 1.165) is 0 Å². The van der Waals surface area contributed by atoms with E-state index in [1.807, 2.05) is 0 Å². The van der Waals surface area contributed by atoms with Gasteiger partial charge in [-0.1, -0.05) is 18.2 Å². The Hall–Kier alpha value is -3.49. The molecule has 1 aromatic carbocycles. The van der Waals surface area contributed by atoms with Gasteiger partial charge in [0.1, 0.15) is 23.0 Å². The van der Waals surface area contributed by atoms with E-state index in [0.29, 0.717) is 5.76 Å². The van der Waals surface area contributed by atoms with Crippen LogP contribution in [0.1, 0.15) is 34.4 Å². The van der Waals surface area contributed by atoms with Gasteiger partial charge in [0.05, 0.1) is 18.4 Å². The van der Waals surface area contributed by atoms with Crippen molar-refractivity contribution in [3.8, 4) is 0 Å². The third-order valence-electron chi connectivity index (χ3n) is 3.94. The van der Waals surface area contributed by atoms with E-state index in [2.05, 4.69) is 9.97 Å². The van der Waals surface area contributed by atoms with Gasteiger partial charge >= 0.3 is 11.9 Å². The highest BCUT2D eigenvalue weighted by molar-refractivity contribution is 6.07. The molecule has 0 atom stereocenters. The number of rotatable bonds is 6. The van der Waals surface area contributed by atoms with E-state index in [4.69, 9.17) is 19.6 Å². The maximum Gasteiger partial charge on any atom is 0.342 e. The molecule has 2 aromatic heterocycles. The monoisotopic (exact) mass is 387 g/mol. The largest absolute Gasteiger partial charge is 0.462 e. The topological polar surface area (TPSA) is 118 Å². The summed E-state index contributed by atoms with van der Waals surface area (Å²) in [5.41, 5.74) is 6.43. The summed E-state index contributed by atoms with van der Waals surface area (Å²) in [6.07, 6.45) is -0.225. The SMILES string of the molecule is CCOC(=O)c1c(C)oc2nc(COC(=O)Cc3ccccc3F)nc(N)c12. The standard InChI is InChI=1S/C19H18FN3O5/c1-3-26-19(25)15-10(2)28-18-16(15)17(21)22-13(23-18)9-27-14(24)8-11-6-4-5-7-12(11)20/h4-7H,3,8-9H2,1-2H3,(H2,21,22,23). The quantitative estimate of drug-likeness (QED) is 0.642. The van der Waals surface area contributed by atoms with Crippen molar-refractivity contribution in [2.75, 3.05) is 12.3 Å². The third kappa shape index (κ3) is 3.93. The number of furan rings is 1. The molecule has 28 heavy (non-hydrogen) atoms. The fourth-order valence-electron chi connectivity index (χ4n) is 2.69.